The minimum atomic E-state index is -4.64. The lowest BCUT2D eigenvalue weighted by molar-refractivity contribution is -0.156. The van der Waals surface area contributed by atoms with E-state index in [9.17, 15) is 64.6 Å². The van der Waals surface area contributed by atoms with E-state index >= 15 is 13.2 Å². The minimum absolute atomic E-state index is 0. The lowest BCUT2D eigenvalue weighted by Crippen LogP contribution is -2.26. The van der Waals surface area contributed by atoms with Gasteiger partial charge in [-0.3, -0.25) is 33.9 Å². The Hall–Kier alpha value is -14.5. The van der Waals surface area contributed by atoms with Crippen molar-refractivity contribution in [2.75, 3.05) is 77.0 Å². The van der Waals surface area contributed by atoms with Crippen molar-refractivity contribution >= 4 is 120 Å². The third-order valence-electron chi connectivity index (χ3n) is 20.1. The zero-order valence-corrected chi connectivity index (χ0v) is 69.3. The molecule has 13 N–H and O–H groups in total. The number of nitrogens with two attached hydrogens (primary N) is 4. The number of aryl methyl sites for hydroxylation is 6. The molecule has 0 amide bonds. The first-order valence-corrected chi connectivity index (χ1v) is 39.7. The molecular weight excluding hydrogens is 1690 g/mol. The van der Waals surface area contributed by atoms with E-state index < -0.39 is 86.4 Å². The molecule has 16 rings (SSSR count). The van der Waals surface area contributed by atoms with Gasteiger partial charge in [-0.15, -0.1) is 12.4 Å². The lowest BCUT2D eigenvalue weighted by atomic mass is 10.1. The Bertz CT molecular complexity index is 6450. The van der Waals surface area contributed by atoms with Gasteiger partial charge in [0.2, 0.25) is 11.7 Å². The molecule has 0 unspecified atom stereocenters. The number of hydrogen-bond donors (Lipinski definition) is 9. The smallest absolute Gasteiger partial charge is 0.446 e. The Kier molecular flexibility index (Phi) is 32.6. The quantitative estimate of drug-likeness (QED) is 0.0105. The second-order valence-electron chi connectivity index (χ2n) is 29.1. The first-order chi connectivity index (χ1) is 60.5. The van der Waals surface area contributed by atoms with Crippen LogP contribution in [0, 0.1) is 40.7 Å². The van der Waals surface area contributed by atoms with Crippen molar-refractivity contribution in [3.05, 3.63) is 300 Å². The van der Waals surface area contributed by atoms with Crippen molar-refractivity contribution in [3.8, 4) is 5.75 Å². The van der Waals surface area contributed by atoms with Crippen LogP contribution in [-0.2, 0) is 68.0 Å². The fourth-order valence-electron chi connectivity index (χ4n) is 13.9. The van der Waals surface area contributed by atoms with E-state index in [-0.39, 0.29) is 120 Å². The molecule has 6 aromatic carbocycles. The number of pyridine rings is 6. The summed E-state index contributed by atoms with van der Waals surface area (Å²) in [4.78, 5) is 94.8. The average Bonchev–Trinajstić information content (AvgIpc) is 1.63. The van der Waals surface area contributed by atoms with Crippen LogP contribution in [0.1, 0.15) is 78.2 Å². The fourth-order valence-corrected chi connectivity index (χ4v) is 13.9. The van der Waals surface area contributed by atoms with E-state index in [0.717, 1.165) is 35.1 Å². The number of imidazole rings is 2. The fraction of sp³-hybridized carbons (Fsp3) is 0.247. The topological polar surface area (TPSA) is 382 Å². The molecule has 1 aliphatic carbocycles. The number of rotatable bonds is 26. The Morgan fingerprint density at radius 1 is 0.480 bits per heavy atom. The van der Waals surface area contributed by atoms with Crippen molar-refractivity contribution in [3.63, 3.8) is 0 Å². The molecule has 14 aromatic rings. The summed E-state index contributed by atoms with van der Waals surface area (Å²) in [6.45, 7) is 7.18. The van der Waals surface area contributed by atoms with Crippen LogP contribution < -0.4 is 70.7 Å². The molecule has 1 saturated carbocycles. The van der Waals surface area contributed by atoms with Gasteiger partial charge in [0.15, 0.2) is 62.8 Å². The number of anilines is 8. The summed E-state index contributed by atoms with van der Waals surface area (Å²) in [5.41, 5.74) is 23.2. The number of carbonyl (C=O) groups is 3. The van der Waals surface area contributed by atoms with Crippen LogP contribution in [-0.4, -0.2) is 109 Å². The molecule has 1 fully saturated rings. The van der Waals surface area contributed by atoms with E-state index in [4.69, 9.17) is 32.5 Å². The Morgan fingerprint density at radius 2 is 0.858 bits per heavy atom. The number of fused-ring (bicyclic) bond motifs is 3. The van der Waals surface area contributed by atoms with Gasteiger partial charge >= 0.3 is 12.1 Å². The SMILES string of the molecule is CC(C)=O.Cl.Nc1c(F)c(NCCCn2ccnc2)c(F)c2c1c(=O)ccn2CCc1ccccc1.Nc1c(F)c(NCCCn2ccnc2)c2c3c1c(=O)c(C(=O)O)cn3CCO2.Nc1c(F)c(NCCc2ccncc2)c(F)c2c1c(=O)ccn2C1CC1.Nc1c(F)c(NCCc2ccncc2)c(F)c2c1c(=O)ccn2CCc1ccccc1.O=CC(F)(F)F. The summed E-state index contributed by atoms with van der Waals surface area (Å²) in [7, 11) is 0. The van der Waals surface area contributed by atoms with Crippen LogP contribution in [0.3, 0.4) is 0 Å². The van der Waals surface area contributed by atoms with Gasteiger partial charge in [-0.1, -0.05) is 60.7 Å². The number of nitrogen functional groups attached to an aromatic ring is 4. The number of aromatic carboxylic acids is 1. The number of benzene rings is 6. The molecule has 0 radical (unpaired) electrons. The van der Waals surface area contributed by atoms with Gasteiger partial charge in [0, 0.05) is 151 Å². The van der Waals surface area contributed by atoms with Crippen molar-refractivity contribution in [1.82, 2.24) is 47.3 Å². The highest BCUT2D eigenvalue weighted by Crippen LogP contribution is 2.43. The van der Waals surface area contributed by atoms with Crippen molar-refractivity contribution < 1.29 is 68.1 Å². The molecule has 0 saturated heterocycles. The van der Waals surface area contributed by atoms with Gasteiger partial charge in [-0.25, -0.2) is 45.5 Å². The van der Waals surface area contributed by atoms with Crippen molar-refractivity contribution in [1.29, 1.82) is 0 Å². The predicted molar refractivity (Wildman–Crippen MR) is 470 cm³/mol. The second-order valence-corrected chi connectivity index (χ2v) is 29.1. The van der Waals surface area contributed by atoms with Gasteiger partial charge in [0.05, 0.1) is 85.6 Å². The molecule has 38 heteroatoms. The first kappa shape index (κ1) is 94.7. The first-order valence-electron chi connectivity index (χ1n) is 39.7. The summed E-state index contributed by atoms with van der Waals surface area (Å²) < 4.78 is 153. The van der Waals surface area contributed by atoms with Gasteiger partial charge in [-0.2, -0.15) is 13.2 Å². The van der Waals surface area contributed by atoms with Gasteiger partial charge in [-0.05, 0) is 112 Å². The van der Waals surface area contributed by atoms with E-state index in [2.05, 4.69) is 41.2 Å². The zero-order chi connectivity index (χ0) is 90.5. The lowest BCUT2D eigenvalue weighted by Gasteiger charge is -2.25. The van der Waals surface area contributed by atoms with Crippen LogP contribution >= 0.6 is 12.4 Å². The normalized spacial score (nSPS) is 11.8. The second kappa shape index (κ2) is 43.7. The number of carboxylic acid groups (broad SMARTS) is 1. The van der Waals surface area contributed by atoms with E-state index in [1.54, 1.807) is 74.3 Å². The third kappa shape index (κ3) is 23.5. The molecule has 8 aromatic heterocycles. The summed E-state index contributed by atoms with van der Waals surface area (Å²) >= 11 is 0. The zero-order valence-electron chi connectivity index (χ0n) is 68.5. The molecule has 2 aliphatic rings. The highest BCUT2D eigenvalue weighted by molar-refractivity contribution is 6.04. The van der Waals surface area contributed by atoms with Crippen LogP contribution in [0.25, 0.3) is 43.6 Å². The van der Waals surface area contributed by atoms with Crippen molar-refractivity contribution in [2.45, 2.75) is 110 Å². The number of alkyl halides is 3. The predicted octanol–water partition coefficient (Wildman–Crippen LogP) is 14.5. The standard InChI is InChI=1S/C24H22F2N4O.C23H23F2N5O.C19H18F2N4O.C18H18FN5O4.C3H6O.C2HF3O.ClH/c25-20-22(27)19-18(31)10-15-30(14-9-16-4-2-1-3-5-16)24(19)21(26)23(20)29-13-8-17-6-11-28-12-7-17;24-19-21(26)18-17(31)8-13-30(12-7-16-5-2-1-3-6-16)23(18)20(25)22(19)28-9-4-11-29-14-10-27-15-29;20-15-17(22)14-13(26)6-10-25(12-1-2-12)19(14)16(21)18(15)24-9-5-11-3-7-23-8-4-11;19-12-13(20)11-15-17(14(12)22-2-1-4-23-5-3-21-9-23)28-7-6-24(15)8-10(16(11)25)18(26)27;1-3(2)4;3-2(4,5)1-6;/h1-7,10-12,15,29H,8-9,13-14,27H2;1-3,5-6,8,10,13-15,28H,4,7,9,11-12,26H2;3-4,6-8,10,12,24H,1-2,5,9,22H2;3,5,8-9,22H,1-2,4,6-7,20H2,(H,26,27);1-2H3;1H;1H. The number of hydrogen-bond acceptors (Lipinski definition) is 20. The van der Waals surface area contributed by atoms with Crippen LogP contribution in [0.15, 0.2) is 209 Å². The molecule has 0 spiro atoms. The van der Waals surface area contributed by atoms with Crippen LogP contribution in [0.5, 0.6) is 5.75 Å². The molecule has 1 aliphatic heterocycles. The number of nitrogens with one attached hydrogen (secondary N) is 4. The highest BCUT2D eigenvalue weighted by Gasteiger charge is 2.32. The minimum Gasteiger partial charge on any atom is -0.487 e. The Balaban J connectivity index is 0.000000170. The maximum atomic E-state index is 15.5. The van der Waals surface area contributed by atoms with Crippen LogP contribution in [0.4, 0.5) is 89.4 Å². The third-order valence-corrected chi connectivity index (χ3v) is 20.1. The Morgan fingerprint density at radius 3 is 1.26 bits per heavy atom. The number of ether oxygens (including phenoxy) is 1. The number of aromatic nitrogens is 10. The van der Waals surface area contributed by atoms with E-state index in [0.29, 0.717) is 103 Å². The number of nitrogens with zero attached hydrogens (tertiary/aromatic N) is 10. The largest absolute Gasteiger partial charge is 0.487 e. The van der Waals surface area contributed by atoms with Gasteiger partial charge < -0.3 is 86.2 Å². The summed E-state index contributed by atoms with van der Waals surface area (Å²) in [5, 5.41) is 20.2. The molecule has 127 heavy (non-hydrogen) atoms. The molecule has 9 heterocycles. The molecule has 27 nitrogen and oxygen atoms in total. The highest BCUT2D eigenvalue weighted by atomic mass is 35.5. The summed E-state index contributed by atoms with van der Waals surface area (Å²) in [6.07, 6.45) is 22.7. The monoisotopic (exact) mass is 1780 g/mol. The number of carboxylic acids is 1. The maximum Gasteiger partial charge on any atom is 0.446 e. The summed E-state index contributed by atoms with van der Waals surface area (Å²) in [6, 6.07) is 30.8. The number of Topliss-reactive ketones (excluding diaryl/α,β-unsaturated/α-hetero) is 1. The Labute approximate surface area is 724 Å². The van der Waals surface area contributed by atoms with E-state index in [1.807, 2.05) is 106 Å². The average molecular weight is 1780 g/mol. The van der Waals surface area contributed by atoms with E-state index in [1.165, 1.54) is 50.6 Å². The molecule has 0 bridgehead atoms. The molecule has 0 atom stereocenters. The molecule has 666 valence electrons. The van der Waals surface area contributed by atoms with Gasteiger partial charge in [0.25, 0.3) is 0 Å². The number of ketones is 1. The number of halogens is 11. The number of carbonyl (C=O) groups excluding carboxylic acids is 2. The van der Waals surface area contributed by atoms with Crippen molar-refractivity contribution in [2.24, 2.45) is 0 Å². The van der Waals surface area contributed by atoms with Gasteiger partial charge in [0.1, 0.15) is 40.7 Å². The number of aldehydes is 1. The summed E-state index contributed by atoms with van der Waals surface area (Å²) in [5.74, 6) is -7.07. The molecular formula is C89H89ClF10N18O9. The van der Waals surface area contributed by atoms with Crippen LogP contribution in [0.2, 0.25) is 0 Å². The maximum absolute atomic E-state index is 15.5.